The number of benzene rings is 3. The summed E-state index contributed by atoms with van der Waals surface area (Å²) in [6.07, 6.45) is 2.84. The Balaban J connectivity index is 1.71. The van der Waals surface area contributed by atoms with E-state index in [9.17, 15) is 10.1 Å². The lowest BCUT2D eigenvalue weighted by Crippen LogP contribution is -2.18. The van der Waals surface area contributed by atoms with Crippen molar-refractivity contribution < 1.29 is 4.92 Å². The second kappa shape index (κ2) is 7.86. The normalized spacial score (nSPS) is 16.1. The summed E-state index contributed by atoms with van der Waals surface area (Å²) in [5.74, 6) is 0. The van der Waals surface area contributed by atoms with Crippen molar-refractivity contribution in [2.24, 2.45) is 5.10 Å². The van der Waals surface area contributed by atoms with Crippen LogP contribution in [0.3, 0.4) is 0 Å². The summed E-state index contributed by atoms with van der Waals surface area (Å²) in [6.45, 7) is 0. The van der Waals surface area contributed by atoms with E-state index in [-0.39, 0.29) is 16.7 Å². The molecule has 4 rings (SSSR count). The first kappa shape index (κ1) is 18.3. The Labute approximate surface area is 167 Å². The van der Waals surface area contributed by atoms with Crippen molar-refractivity contribution in [1.82, 2.24) is 0 Å². The molecule has 0 saturated heterocycles. The Morgan fingerprint density at radius 3 is 2.29 bits per heavy atom. The molecule has 1 atom stereocenters. The van der Waals surface area contributed by atoms with Gasteiger partial charge in [-0.15, -0.1) is 11.8 Å². The summed E-state index contributed by atoms with van der Waals surface area (Å²) >= 11 is 1.71. The number of thioether (sulfide) groups is 1. The Morgan fingerprint density at radius 2 is 1.68 bits per heavy atom. The summed E-state index contributed by atoms with van der Waals surface area (Å²) < 4.78 is 0. The molecule has 3 aromatic carbocycles. The molecule has 0 fully saturated rings. The minimum absolute atomic E-state index is 0.0536. The van der Waals surface area contributed by atoms with Gasteiger partial charge in [-0.1, -0.05) is 42.5 Å². The third-order valence-corrected chi connectivity index (χ3v) is 5.59. The van der Waals surface area contributed by atoms with E-state index >= 15 is 0 Å². The largest absolute Gasteiger partial charge is 0.269 e. The fraction of sp³-hybridized carbons (Fsp3) is 0.136. The molecule has 1 aliphatic heterocycles. The fourth-order valence-corrected chi connectivity index (χ4v) is 3.78. The zero-order valence-corrected chi connectivity index (χ0v) is 16.2. The molecule has 0 aliphatic carbocycles. The van der Waals surface area contributed by atoms with E-state index in [1.807, 2.05) is 23.2 Å². The van der Waals surface area contributed by atoms with Crippen LogP contribution in [-0.4, -0.2) is 16.9 Å². The number of nitrogens with zero attached hydrogens (tertiary/aromatic N) is 3. The van der Waals surface area contributed by atoms with Crippen LogP contribution in [0.4, 0.5) is 11.4 Å². The van der Waals surface area contributed by atoms with Crippen LogP contribution >= 0.6 is 11.8 Å². The standard InChI is InChI=1S/C22H19N3O2S/c1-28-20-13-7-16(8-14-20)21-15-22(17-5-3-2-4-6-17)24(23-21)18-9-11-19(12-10-18)25(26)27/h2-14,22H,15H2,1H3. The summed E-state index contributed by atoms with van der Waals surface area (Å²) in [5.41, 5.74) is 4.20. The van der Waals surface area contributed by atoms with E-state index < -0.39 is 0 Å². The lowest BCUT2D eigenvalue weighted by atomic mass is 9.98. The zero-order valence-electron chi connectivity index (χ0n) is 15.4. The molecule has 6 heteroatoms. The Bertz CT molecular complexity index is 1000. The van der Waals surface area contributed by atoms with Crippen LogP contribution in [-0.2, 0) is 0 Å². The van der Waals surface area contributed by atoms with E-state index in [2.05, 4.69) is 42.7 Å². The number of hydrogen-bond acceptors (Lipinski definition) is 5. The first-order chi connectivity index (χ1) is 13.7. The minimum atomic E-state index is -0.384. The van der Waals surface area contributed by atoms with Crippen molar-refractivity contribution in [2.45, 2.75) is 17.4 Å². The van der Waals surface area contributed by atoms with Gasteiger partial charge in [-0.25, -0.2) is 0 Å². The molecule has 1 heterocycles. The third kappa shape index (κ3) is 3.64. The van der Waals surface area contributed by atoms with Crippen molar-refractivity contribution in [1.29, 1.82) is 0 Å². The maximum absolute atomic E-state index is 11.0. The number of rotatable bonds is 5. The predicted octanol–water partition coefficient (Wildman–Crippen LogP) is 5.67. The van der Waals surface area contributed by atoms with E-state index in [0.717, 1.165) is 23.4 Å². The van der Waals surface area contributed by atoms with E-state index in [1.54, 1.807) is 23.9 Å². The Kier molecular flexibility index (Phi) is 5.12. The molecular formula is C22H19N3O2S. The van der Waals surface area contributed by atoms with Crippen LogP contribution in [0, 0.1) is 10.1 Å². The minimum Gasteiger partial charge on any atom is -0.258 e. The molecule has 3 aromatic rings. The quantitative estimate of drug-likeness (QED) is 0.320. The summed E-state index contributed by atoms with van der Waals surface area (Å²) in [5, 5.41) is 17.8. The molecule has 0 radical (unpaired) electrons. The number of non-ortho nitro benzene ring substituents is 1. The van der Waals surface area contributed by atoms with Crippen LogP contribution in [0.25, 0.3) is 0 Å². The molecule has 28 heavy (non-hydrogen) atoms. The molecule has 0 aromatic heterocycles. The number of hydrazone groups is 1. The smallest absolute Gasteiger partial charge is 0.258 e. The highest BCUT2D eigenvalue weighted by atomic mass is 32.2. The monoisotopic (exact) mass is 389 g/mol. The van der Waals surface area contributed by atoms with Gasteiger partial charge in [-0.3, -0.25) is 15.1 Å². The SMILES string of the molecule is CSc1ccc(C2=NN(c3ccc([N+](=O)[O-])cc3)C(c3ccccc3)C2)cc1. The van der Waals surface area contributed by atoms with Crippen molar-refractivity contribution in [3.8, 4) is 0 Å². The van der Waals surface area contributed by atoms with Gasteiger partial charge in [0.05, 0.1) is 22.4 Å². The first-order valence-corrected chi connectivity index (χ1v) is 10.2. The van der Waals surface area contributed by atoms with E-state index in [0.29, 0.717) is 0 Å². The Hall–Kier alpha value is -3.12. The van der Waals surface area contributed by atoms with Crippen molar-refractivity contribution in [3.63, 3.8) is 0 Å². The predicted molar refractivity (Wildman–Crippen MR) is 114 cm³/mol. The second-order valence-electron chi connectivity index (χ2n) is 6.52. The summed E-state index contributed by atoms with van der Waals surface area (Å²) in [6, 6.07) is 25.3. The number of nitro benzene ring substituents is 1. The van der Waals surface area contributed by atoms with Crippen LogP contribution in [0.2, 0.25) is 0 Å². The molecule has 1 unspecified atom stereocenters. The van der Waals surface area contributed by atoms with E-state index in [4.69, 9.17) is 5.10 Å². The maximum Gasteiger partial charge on any atom is 0.269 e. The lowest BCUT2D eigenvalue weighted by molar-refractivity contribution is -0.384. The summed E-state index contributed by atoms with van der Waals surface area (Å²) in [4.78, 5) is 11.8. The number of hydrogen-bond donors (Lipinski definition) is 0. The molecule has 0 N–H and O–H groups in total. The molecule has 0 spiro atoms. The van der Waals surface area contributed by atoms with Crippen molar-refractivity contribution in [3.05, 3.63) is 100 Å². The number of nitro groups is 1. The molecule has 0 saturated carbocycles. The van der Waals surface area contributed by atoms with E-state index in [1.165, 1.54) is 22.6 Å². The van der Waals surface area contributed by atoms with Gasteiger partial charge in [0, 0.05) is 23.4 Å². The van der Waals surface area contributed by atoms with Crippen molar-refractivity contribution >= 4 is 28.8 Å². The van der Waals surface area contributed by atoms with Crippen molar-refractivity contribution in [2.75, 3.05) is 11.3 Å². The molecule has 1 aliphatic rings. The van der Waals surface area contributed by atoms with Gasteiger partial charge in [-0.2, -0.15) is 5.10 Å². The van der Waals surface area contributed by atoms with Gasteiger partial charge >= 0.3 is 0 Å². The molecule has 5 nitrogen and oxygen atoms in total. The van der Waals surface area contributed by atoms with Crippen LogP contribution in [0.5, 0.6) is 0 Å². The van der Waals surface area contributed by atoms with Gasteiger partial charge < -0.3 is 0 Å². The molecule has 0 bridgehead atoms. The number of anilines is 1. The molecular weight excluding hydrogens is 370 g/mol. The first-order valence-electron chi connectivity index (χ1n) is 8.96. The van der Waals surface area contributed by atoms with Crippen LogP contribution in [0.15, 0.2) is 88.9 Å². The highest BCUT2D eigenvalue weighted by molar-refractivity contribution is 7.98. The fourth-order valence-electron chi connectivity index (χ4n) is 3.37. The highest BCUT2D eigenvalue weighted by Gasteiger charge is 2.30. The van der Waals surface area contributed by atoms with Crippen LogP contribution < -0.4 is 5.01 Å². The second-order valence-corrected chi connectivity index (χ2v) is 7.40. The third-order valence-electron chi connectivity index (χ3n) is 4.84. The van der Waals surface area contributed by atoms with Gasteiger partial charge in [0.15, 0.2) is 0 Å². The van der Waals surface area contributed by atoms with Gasteiger partial charge in [0.1, 0.15) is 0 Å². The average molecular weight is 389 g/mol. The highest BCUT2D eigenvalue weighted by Crippen LogP contribution is 2.37. The zero-order chi connectivity index (χ0) is 19.5. The molecule has 140 valence electrons. The summed E-state index contributed by atoms with van der Waals surface area (Å²) in [7, 11) is 0. The topological polar surface area (TPSA) is 58.7 Å². The molecule has 0 amide bonds. The van der Waals surface area contributed by atoms with Gasteiger partial charge in [0.2, 0.25) is 0 Å². The lowest BCUT2D eigenvalue weighted by Gasteiger charge is -2.23. The van der Waals surface area contributed by atoms with Crippen LogP contribution in [0.1, 0.15) is 23.6 Å². The van der Waals surface area contributed by atoms with Gasteiger partial charge in [-0.05, 0) is 41.6 Å². The average Bonchev–Trinajstić information content (AvgIpc) is 3.20. The van der Waals surface area contributed by atoms with Gasteiger partial charge in [0.25, 0.3) is 5.69 Å². The maximum atomic E-state index is 11.0. The Morgan fingerprint density at radius 1 is 1.00 bits per heavy atom.